The van der Waals surface area contributed by atoms with E-state index in [9.17, 15) is 0 Å². The van der Waals surface area contributed by atoms with Gasteiger partial charge in [0.05, 0.1) is 0 Å². The molecule has 0 bridgehead atoms. The smallest absolute Gasteiger partial charge is 0.0412 e. The topological polar surface area (TPSA) is 15.3 Å². The van der Waals surface area contributed by atoms with Gasteiger partial charge in [0.2, 0.25) is 0 Å². The van der Waals surface area contributed by atoms with Gasteiger partial charge >= 0.3 is 0 Å². The summed E-state index contributed by atoms with van der Waals surface area (Å²) in [6.07, 6.45) is 1.30. The predicted octanol–water partition coefficient (Wildman–Crippen LogP) is 4.43. The number of halogens is 1. The molecule has 0 aromatic heterocycles. The van der Waals surface area contributed by atoms with Crippen molar-refractivity contribution < 1.29 is 0 Å². The van der Waals surface area contributed by atoms with Gasteiger partial charge in [0, 0.05) is 35.8 Å². The summed E-state index contributed by atoms with van der Waals surface area (Å²) >= 11 is 3.60. The van der Waals surface area contributed by atoms with Crippen LogP contribution in [-0.4, -0.2) is 19.1 Å². The molecule has 0 saturated carbocycles. The summed E-state index contributed by atoms with van der Waals surface area (Å²) in [5, 5.41) is 3.54. The maximum atomic E-state index is 3.60. The first-order valence-electron chi connectivity index (χ1n) is 7.74. The third kappa shape index (κ3) is 3.98. The zero-order valence-corrected chi connectivity index (χ0v) is 14.7. The van der Waals surface area contributed by atoms with Crippen molar-refractivity contribution in [1.29, 1.82) is 0 Å². The standard InChI is InChI=1S/C17H27BrN2/c1-12(2)19-10-15-9-16(18)5-6-17(15)20-8-7-13(3)14(4)11-20/h5-6,9,12-14,19H,7-8,10-11H2,1-4H3. The Morgan fingerprint density at radius 1 is 1.30 bits per heavy atom. The van der Waals surface area contributed by atoms with Gasteiger partial charge in [0.15, 0.2) is 0 Å². The first kappa shape index (κ1) is 15.8. The average molecular weight is 339 g/mol. The van der Waals surface area contributed by atoms with E-state index in [1.54, 1.807) is 0 Å². The highest BCUT2D eigenvalue weighted by Gasteiger charge is 2.24. The van der Waals surface area contributed by atoms with Crippen molar-refractivity contribution in [3.05, 3.63) is 28.2 Å². The van der Waals surface area contributed by atoms with Crippen LogP contribution in [0.15, 0.2) is 22.7 Å². The molecule has 112 valence electrons. The Labute approximate surface area is 132 Å². The minimum Gasteiger partial charge on any atom is -0.371 e. The normalized spacial score (nSPS) is 23.4. The monoisotopic (exact) mass is 338 g/mol. The van der Waals surface area contributed by atoms with E-state index in [0.717, 1.165) is 18.4 Å². The molecular formula is C17H27BrN2. The maximum absolute atomic E-state index is 3.60. The Hall–Kier alpha value is -0.540. The van der Waals surface area contributed by atoms with E-state index in [1.807, 2.05) is 0 Å². The summed E-state index contributed by atoms with van der Waals surface area (Å²) in [6.45, 7) is 12.4. The molecule has 0 spiro atoms. The lowest BCUT2D eigenvalue weighted by molar-refractivity contribution is 0.323. The third-order valence-corrected chi connectivity index (χ3v) is 4.91. The molecule has 1 saturated heterocycles. The summed E-state index contributed by atoms with van der Waals surface area (Å²) < 4.78 is 1.17. The van der Waals surface area contributed by atoms with Crippen LogP contribution in [0, 0.1) is 11.8 Å². The van der Waals surface area contributed by atoms with Gasteiger partial charge in [-0.25, -0.2) is 0 Å². The molecule has 3 heteroatoms. The van der Waals surface area contributed by atoms with E-state index in [1.165, 1.54) is 35.2 Å². The van der Waals surface area contributed by atoms with Crippen LogP contribution in [0.3, 0.4) is 0 Å². The van der Waals surface area contributed by atoms with Crippen LogP contribution in [0.25, 0.3) is 0 Å². The molecule has 1 heterocycles. The fraction of sp³-hybridized carbons (Fsp3) is 0.647. The summed E-state index contributed by atoms with van der Waals surface area (Å²) in [6, 6.07) is 7.20. The zero-order valence-electron chi connectivity index (χ0n) is 13.1. The molecule has 0 aliphatic carbocycles. The highest BCUT2D eigenvalue weighted by Crippen LogP contribution is 2.30. The van der Waals surface area contributed by atoms with Crippen molar-refractivity contribution in [1.82, 2.24) is 5.32 Å². The van der Waals surface area contributed by atoms with Crippen molar-refractivity contribution in [2.75, 3.05) is 18.0 Å². The van der Waals surface area contributed by atoms with Gasteiger partial charge in [0.25, 0.3) is 0 Å². The number of nitrogens with one attached hydrogen (secondary N) is 1. The summed E-state index contributed by atoms with van der Waals surface area (Å²) in [5.74, 6) is 1.62. The highest BCUT2D eigenvalue weighted by molar-refractivity contribution is 9.10. The van der Waals surface area contributed by atoms with Gasteiger partial charge < -0.3 is 10.2 Å². The second kappa shape index (κ2) is 6.95. The minimum absolute atomic E-state index is 0.516. The first-order valence-corrected chi connectivity index (χ1v) is 8.53. The molecule has 1 fully saturated rings. The van der Waals surface area contributed by atoms with Gasteiger partial charge in [-0.2, -0.15) is 0 Å². The van der Waals surface area contributed by atoms with Crippen LogP contribution in [0.5, 0.6) is 0 Å². The minimum atomic E-state index is 0.516. The molecule has 2 rings (SSSR count). The van der Waals surface area contributed by atoms with Crippen LogP contribution < -0.4 is 10.2 Å². The van der Waals surface area contributed by atoms with Crippen LogP contribution in [0.1, 0.15) is 39.7 Å². The number of hydrogen-bond acceptors (Lipinski definition) is 2. The Bertz CT molecular complexity index is 445. The second-order valence-corrected chi connectivity index (χ2v) is 7.41. The van der Waals surface area contributed by atoms with Gasteiger partial charge in [-0.3, -0.25) is 0 Å². The number of piperidine rings is 1. The van der Waals surface area contributed by atoms with E-state index >= 15 is 0 Å². The molecule has 1 aliphatic rings. The molecule has 1 aliphatic heterocycles. The van der Waals surface area contributed by atoms with Crippen LogP contribution in [0.2, 0.25) is 0 Å². The maximum Gasteiger partial charge on any atom is 0.0412 e. The lowest BCUT2D eigenvalue weighted by Gasteiger charge is -2.38. The highest BCUT2D eigenvalue weighted by atomic mass is 79.9. The predicted molar refractivity (Wildman–Crippen MR) is 91.3 cm³/mol. The van der Waals surface area contributed by atoms with Crippen LogP contribution in [-0.2, 0) is 6.54 Å². The van der Waals surface area contributed by atoms with Crippen molar-refractivity contribution in [2.24, 2.45) is 11.8 Å². The van der Waals surface area contributed by atoms with Crippen molar-refractivity contribution in [3.8, 4) is 0 Å². The number of hydrogen-bond donors (Lipinski definition) is 1. The van der Waals surface area contributed by atoms with Crippen LogP contribution in [0.4, 0.5) is 5.69 Å². The molecule has 2 atom stereocenters. The molecule has 20 heavy (non-hydrogen) atoms. The molecule has 2 unspecified atom stereocenters. The molecule has 1 aromatic rings. The second-order valence-electron chi connectivity index (χ2n) is 6.50. The molecule has 1 aromatic carbocycles. The summed E-state index contributed by atoms with van der Waals surface area (Å²) in [4.78, 5) is 2.56. The number of nitrogens with zero attached hydrogens (tertiary/aromatic N) is 1. The number of rotatable bonds is 4. The summed E-state index contributed by atoms with van der Waals surface area (Å²) in [5.41, 5.74) is 2.80. The average Bonchev–Trinajstić information content (AvgIpc) is 2.40. The lowest BCUT2D eigenvalue weighted by Crippen LogP contribution is -2.39. The Kier molecular flexibility index (Phi) is 5.50. The van der Waals surface area contributed by atoms with E-state index in [2.05, 4.69) is 72.0 Å². The number of anilines is 1. The van der Waals surface area contributed by atoms with E-state index < -0.39 is 0 Å². The van der Waals surface area contributed by atoms with Gasteiger partial charge in [-0.15, -0.1) is 0 Å². The van der Waals surface area contributed by atoms with E-state index in [0.29, 0.717) is 6.04 Å². The third-order valence-electron chi connectivity index (χ3n) is 4.42. The molecule has 1 N–H and O–H groups in total. The van der Waals surface area contributed by atoms with Crippen molar-refractivity contribution >= 4 is 21.6 Å². The van der Waals surface area contributed by atoms with Crippen molar-refractivity contribution in [2.45, 2.75) is 46.7 Å². The van der Waals surface area contributed by atoms with Crippen LogP contribution >= 0.6 is 15.9 Å². The molecule has 0 radical (unpaired) electrons. The fourth-order valence-corrected chi connectivity index (χ4v) is 3.21. The number of benzene rings is 1. The van der Waals surface area contributed by atoms with Gasteiger partial charge in [-0.1, -0.05) is 43.6 Å². The molecule has 2 nitrogen and oxygen atoms in total. The molecular weight excluding hydrogens is 312 g/mol. The SMILES string of the molecule is CC(C)NCc1cc(Br)ccc1N1CCC(C)C(C)C1. The first-order chi connectivity index (χ1) is 9.47. The largest absolute Gasteiger partial charge is 0.371 e. The molecule has 0 amide bonds. The lowest BCUT2D eigenvalue weighted by atomic mass is 9.88. The van der Waals surface area contributed by atoms with Gasteiger partial charge in [-0.05, 0) is 42.0 Å². The van der Waals surface area contributed by atoms with Gasteiger partial charge in [0.1, 0.15) is 0 Å². The quantitative estimate of drug-likeness (QED) is 0.873. The Balaban J connectivity index is 2.17. The van der Waals surface area contributed by atoms with E-state index in [4.69, 9.17) is 0 Å². The summed E-state index contributed by atoms with van der Waals surface area (Å²) in [7, 11) is 0. The zero-order chi connectivity index (χ0) is 14.7. The Morgan fingerprint density at radius 3 is 2.70 bits per heavy atom. The van der Waals surface area contributed by atoms with E-state index in [-0.39, 0.29) is 0 Å². The van der Waals surface area contributed by atoms with Crippen molar-refractivity contribution in [3.63, 3.8) is 0 Å². The fourth-order valence-electron chi connectivity index (χ4n) is 2.80. The Morgan fingerprint density at radius 2 is 2.05 bits per heavy atom.